The SMILES string of the molecule is O=C(O)CC1(NC(=O)N2CC3CCC(C2)O3)CCC1. The van der Waals surface area contributed by atoms with E-state index in [0.717, 1.165) is 32.1 Å². The second kappa shape index (κ2) is 4.67. The summed E-state index contributed by atoms with van der Waals surface area (Å²) in [5.41, 5.74) is -0.514. The van der Waals surface area contributed by atoms with Crippen LogP contribution in [0.5, 0.6) is 0 Å². The molecule has 1 aliphatic carbocycles. The first-order valence-corrected chi connectivity index (χ1v) is 7.01. The van der Waals surface area contributed by atoms with Crippen molar-refractivity contribution in [3.05, 3.63) is 0 Å². The van der Waals surface area contributed by atoms with Crippen LogP contribution >= 0.6 is 0 Å². The maximum absolute atomic E-state index is 12.3. The summed E-state index contributed by atoms with van der Waals surface area (Å²) in [6.45, 7) is 1.26. The highest BCUT2D eigenvalue weighted by Gasteiger charge is 2.43. The topological polar surface area (TPSA) is 78.9 Å². The normalized spacial score (nSPS) is 31.7. The molecular weight excluding hydrogens is 248 g/mol. The number of hydrogen-bond acceptors (Lipinski definition) is 3. The molecule has 19 heavy (non-hydrogen) atoms. The average Bonchev–Trinajstić information content (AvgIpc) is 2.64. The lowest BCUT2D eigenvalue weighted by atomic mass is 9.74. The molecule has 2 unspecified atom stereocenters. The molecular formula is C13H20N2O4. The Balaban J connectivity index is 1.59. The van der Waals surface area contributed by atoms with E-state index in [4.69, 9.17) is 9.84 Å². The molecule has 2 aliphatic heterocycles. The van der Waals surface area contributed by atoms with Gasteiger partial charge in [0.05, 0.1) is 24.2 Å². The van der Waals surface area contributed by atoms with Crippen LogP contribution in [0.15, 0.2) is 0 Å². The zero-order chi connectivity index (χ0) is 13.5. The Morgan fingerprint density at radius 2 is 1.89 bits per heavy atom. The van der Waals surface area contributed by atoms with Crippen LogP contribution in [0.2, 0.25) is 0 Å². The van der Waals surface area contributed by atoms with Crippen molar-refractivity contribution in [2.75, 3.05) is 13.1 Å². The van der Waals surface area contributed by atoms with Gasteiger partial charge in [-0.25, -0.2) is 4.79 Å². The lowest BCUT2D eigenvalue weighted by molar-refractivity contribution is -0.139. The predicted molar refractivity (Wildman–Crippen MR) is 66.8 cm³/mol. The van der Waals surface area contributed by atoms with Crippen LogP contribution in [0.4, 0.5) is 4.79 Å². The van der Waals surface area contributed by atoms with Crippen LogP contribution in [0.3, 0.4) is 0 Å². The summed E-state index contributed by atoms with van der Waals surface area (Å²) in [6.07, 6.45) is 4.92. The number of rotatable bonds is 3. The minimum atomic E-state index is -0.845. The second-order valence-electron chi connectivity index (χ2n) is 6.00. The van der Waals surface area contributed by atoms with Gasteiger partial charge in [0.15, 0.2) is 0 Å². The van der Waals surface area contributed by atoms with E-state index in [-0.39, 0.29) is 24.7 Å². The minimum absolute atomic E-state index is 0.0237. The van der Waals surface area contributed by atoms with E-state index < -0.39 is 11.5 Å². The Hall–Kier alpha value is -1.30. The van der Waals surface area contributed by atoms with E-state index in [2.05, 4.69) is 5.32 Å². The van der Waals surface area contributed by atoms with Gasteiger partial charge in [-0.1, -0.05) is 0 Å². The van der Waals surface area contributed by atoms with Gasteiger partial charge in [0.1, 0.15) is 0 Å². The number of carboxylic acids is 1. The number of morpholine rings is 1. The third-order valence-electron chi connectivity index (χ3n) is 4.50. The van der Waals surface area contributed by atoms with Crippen LogP contribution in [0.25, 0.3) is 0 Å². The standard InChI is InChI=1S/C13H20N2O4/c16-11(17)6-13(4-1-5-13)14-12(18)15-7-9-2-3-10(8-15)19-9/h9-10H,1-8H2,(H,14,18)(H,16,17). The van der Waals surface area contributed by atoms with Gasteiger partial charge in [0.2, 0.25) is 0 Å². The molecule has 0 radical (unpaired) electrons. The third-order valence-corrected chi connectivity index (χ3v) is 4.50. The molecule has 3 fully saturated rings. The Labute approximate surface area is 112 Å². The fraction of sp³-hybridized carbons (Fsp3) is 0.846. The van der Waals surface area contributed by atoms with E-state index in [0.29, 0.717) is 13.1 Å². The summed E-state index contributed by atoms with van der Waals surface area (Å²) in [6, 6.07) is -0.124. The molecule has 1 saturated carbocycles. The summed E-state index contributed by atoms with van der Waals surface area (Å²) in [5, 5.41) is 11.9. The van der Waals surface area contributed by atoms with Gasteiger partial charge < -0.3 is 20.1 Å². The molecule has 0 aromatic heterocycles. The first-order valence-electron chi connectivity index (χ1n) is 7.01. The number of carbonyl (C=O) groups is 2. The smallest absolute Gasteiger partial charge is 0.318 e. The Morgan fingerprint density at radius 1 is 1.26 bits per heavy atom. The van der Waals surface area contributed by atoms with Crippen molar-refractivity contribution in [1.82, 2.24) is 10.2 Å². The number of likely N-dealkylation sites (tertiary alicyclic amines) is 1. The second-order valence-corrected chi connectivity index (χ2v) is 6.00. The van der Waals surface area contributed by atoms with E-state index >= 15 is 0 Å². The lowest BCUT2D eigenvalue weighted by Crippen LogP contribution is -2.60. The first kappa shape index (κ1) is 12.7. The molecule has 106 valence electrons. The van der Waals surface area contributed by atoms with E-state index in [9.17, 15) is 9.59 Å². The summed E-state index contributed by atoms with van der Waals surface area (Å²) in [4.78, 5) is 25.0. The van der Waals surface area contributed by atoms with Gasteiger partial charge in [-0.2, -0.15) is 0 Å². The Kier molecular flexibility index (Phi) is 3.12. The monoisotopic (exact) mass is 268 g/mol. The van der Waals surface area contributed by atoms with Gasteiger partial charge in [0.25, 0.3) is 0 Å². The van der Waals surface area contributed by atoms with Gasteiger partial charge >= 0.3 is 12.0 Å². The molecule has 2 amide bonds. The van der Waals surface area contributed by atoms with Crippen LogP contribution < -0.4 is 5.32 Å². The van der Waals surface area contributed by atoms with Gasteiger partial charge in [-0.05, 0) is 32.1 Å². The molecule has 3 aliphatic rings. The first-order chi connectivity index (χ1) is 9.06. The number of fused-ring (bicyclic) bond motifs is 2. The maximum atomic E-state index is 12.3. The van der Waals surface area contributed by atoms with Crippen LogP contribution in [-0.4, -0.2) is 52.8 Å². The van der Waals surface area contributed by atoms with E-state index in [1.807, 2.05) is 0 Å². The molecule has 6 nitrogen and oxygen atoms in total. The molecule has 2 N–H and O–H groups in total. The number of hydrogen-bond donors (Lipinski definition) is 2. The fourth-order valence-electron chi connectivity index (χ4n) is 3.33. The fourth-order valence-corrected chi connectivity index (χ4v) is 3.33. The molecule has 0 aromatic rings. The van der Waals surface area contributed by atoms with Gasteiger partial charge in [-0.15, -0.1) is 0 Å². The summed E-state index contributed by atoms with van der Waals surface area (Å²) in [5.74, 6) is -0.845. The number of carbonyl (C=O) groups excluding carboxylic acids is 1. The number of urea groups is 1. The highest BCUT2D eigenvalue weighted by Crippen LogP contribution is 2.35. The predicted octanol–water partition coefficient (Wildman–Crippen LogP) is 0.957. The number of carboxylic acid groups (broad SMARTS) is 1. The van der Waals surface area contributed by atoms with Crippen molar-refractivity contribution >= 4 is 12.0 Å². The highest BCUT2D eigenvalue weighted by atomic mass is 16.5. The number of ether oxygens (including phenoxy) is 1. The number of nitrogens with one attached hydrogen (secondary N) is 1. The van der Waals surface area contributed by atoms with Crippen molar-refractivity contribution in [2.24, 2.45) is 0 Å². The molecule has 0 aromatic carbocycles. The summed E-state index contributed by atoms with van der Waals surface area (Å²) < 4.78 is 5.70. The van der Waals surface area contributed by atoms with Crippen LogP contribution in [0, 0.1) is 0 Å². The average molecular weight is 268 g/mol. The molecule has 0 spiro atoms. The Morgan fingerprint density at radius 3 is 2.37 bits per heavy atom. The van der Waals surface area contributed by atoms with Crippen molar-refractivity contribution in [1.29, 1.82) is 0 Å². The van der Waals surface area contributed by atoms with E-state index in [1.165, 1.54) is 0 Å². The highest BCUT2D eigenvalue weighted by molar-refractivity contribution is 5.77. The van der Waals surface area contributed by atoms with Crippen molar-refractivity contribution in [3.63, 3.8) is 0 Å². The largest absolute Gasteiger partial charge is 0.481 e. The van der Waals surface area contributed by atoms with Crippen molar-refractivity contribution < 1.29 is 19.4 Å². The lowest BCUT2D eigenvalue weighted by Gasteiger charge is -2.43. The van der Waals surface area contributed by atoms with Crippen LogP contribution in [-0.2, 0) is 9.53 Å². The van der Waals surface area contributed by atoms with Crippen molar-refractivity contribution in [2.45, 2.75) is 56.3 Å². The zero-order valence-corrected chi connectivity index (χ0v) is 10.9. The quantitative estimate of drug-likeness (QED) is 0.799. The molecule has 2 bridgehead atoms. The number of nitrogens with zero attached hydrogens (tertiary/aromatic N) is 1. The maximum Gasteiger partial charge on any atom is 0.318 e. The molecule has 6 heteroatoms. The third kappa shape index (κ3) is 2.54. The van der Waals surface area contributed by atoms with Gasteiger partial charge in [0, 0.05) is 13.1 Å². The van der Waals surface area contributed by atoms with Gasteiger partial charge in [-0.3, -0.25) is 4.79 Å². The minimum Gasteiger partial charge on any atom is -0.481 e. The van der Waals surface area contributed by atoms with E-state index in [1.54, 1.807) is 4.90 Å². The molecule has 3 rings (SSSR count). The number of amides is 2. The number of aliphatic carboxylic acids is 1. The molecule has 2 saturated heterocycles. The molecule has 2 heterocycles. The Bertz CT molecular complexity index is 382. The molecule has 2 atom stereocenters. The summed E-state index contributed by atoms with van der Waals surface area (Å²) >= 11 is 0. The van der Waals surface area contributed by atoms with Crippen molar-refractivity contribution in [3.8, 4) is 0 Å². The van der Waals surface area contributed by atoms with Crippen LogP contribution in [0.1, 0.15) is 38.5 Å². The summed E-state index contributed by atoms with van der Waals surface area (Å²) in [7, 11) is 0. The zero-order valence-electron chi connectivity index (χ0n) is 10.9.